The molecule has 19 heavy (non-hydrogen) atoms. The fourth-order valence-electron chi connectivity index (χ4n) is 0.971. The predicted octanol–water partition coefficient (Wildman–Crippen LogP) is 2.70. The van der Waals surface area contributed by atoms with E-state index in [0.717, 1.165) is 6.54 Å². The molecule has 0 spiro atoms. The Morgan fingerprint density at radius 3 is 2.05 bits per heavy atom. The second-order valence-corrected chi connectivity index (χ2v) is 5.53. The molecule has 0 bridgehead atoms. The number of rotatable bonds is 5. The number of aromatic nitrogens is 2. The number of aryl methyl sites for hydroxylation is 1. The standard InChI is InChI=1S/C8H15N2O2.F6P/c1-9-2-3-10(8-9)4-6-12-7-5-11;1-7(2,3,4,5)6/h2-3,8,11H,4-7H2,1H3;/q+1;-1. The van der Waals surface area contributed by atoms with Gasteiger partial charge in [-0.05, 0) is 0 Å². The van der Waals surface area contributed by atoms with Gasteiger partial charge in [0.25, 0.3) is 0 Å². The number of hydrogen-bond donors (Lipinski definition) is 1. The van der Waals surface area contributed by atoms with Crippen LogP contribution in [0.15, 0.2) is 18.7 Å². The van der Waals surface area contributed by atoms with Crippen molar-refractivity contribution in [2.75, 3.05) is 19.8 Å². The van der Waals surface area contributed by atoms with Crippen molar-refractivity contribution in [2.24, 2.45) is 7.05 Å². The van der Waals surface area contributed by atoms with E-state index in [1.165, 1.54) is 0 Å². The minimum absolute atomic E-state index is 0.0967. The van der Waals surface area contributed by atoms with Gasteiger partial charge < -0.3 is 9.84 Å². The average molecular weight is 316 g/mol. The number of nitrogens with zero attached hydrogens (tertiary/aromatic N) is 2. The first-order valence-electron chi connectivity index (χ1n) is 5.04. The number of hydrogen-bond acceptors (Lipinski definition) is 2. The maximum absolute atomic E-state index is 10.7. The Morgan fingerprint density at radius 2 is 1.68 bits per heavy atom. The third-order valence-electron chi connectivity index (χ3n) is 1.55. The summed E-state index contributed by atoms with van der Waals surface area (Å²) in [6.07, 6.45) is 5.96. The van der Waals surface area contributed by atoms with Crippen molar-refractivity contribution in [3.8, 4) is 0 Å². The summed E-state index contributed by atoms with van der Waals surface area (Å²) >= 11 is 0. The van der Waals surface area contributed by atoms with Gasteiger partial charge in [-0.25, -0.2) is 9.13 Å². The summed E-state index contributed by atoms with van der Waals surface area (Å²) in [5.74, 6) is 0. The second kappa shape index (κ2) is 5.64. The average Bonchev–Trinajstić information content (AvgIpc) is 2.54. The Labute approximate surface area is 105 Å². The van der Waals surface area contributed by atoms with Crippen molar-refractivity contribution >= 4 is 7.81 Å². The van der Waals surface area contributed by atoms with Gasteiger partial charge in [-0.15, -0.1) is 0 Å². The zero-order valence-corrected chi connectivity index (χ0v) is 10.9. The molecule has 1 N–H and O–H groups in total. The van der Waals surface area contributed by atoms with E-state index in [1.54, 1.807) is 0 Å². The second-order valence-electron chi connectivity index (χ2n) is 3.61. The van der Waals surface area contributed by atoms with Crippen LogP contribution >= 0.6 is 7.81 Å². The summed E-state index contributed by atoms with van der Waals surface area (Å²) in [6.45, 7) is 2.00. The molecule has 116 valence electrons. The molecule has 0 amide bonds. The van der Waals surface area contributed by atoms with Crippen LogP contribution in [0.25, 0.3) is 0 Å². The zero-order valence-electron chi connectivity index (χ0n) is 10.0. The Bertz CT molecular complexity index is 379. The van der Waals surface area contributed by atoms with Crippen LogP contribution in [-0.4, -0.2) is 29.5 Å². The summed E-state index contributed by atoms with van der Waals surface area (Å²) in [4.78, 5) is 0. The molecule has 0 aromatic carbocycles. The summed E-state index contributed by atoms with van der Waals surface area (Å²) in [7, 11) is -8.68. The Balaban J connectivity index is 0.000000399. The Kier molecular flexibility index (Phi) is 5.38. The van der Waals surface area contributed by atoms with Gasteiger partial charge in [0.05, 0.1) is 26.9 Å². The quantitative estimate of drug-likeness (QED) is 0.393. The molecule has 0 aliphatic carbocycles. The third-order valence-corrected chi connectivity index (χ3v) is 1.55. The summed E-state index contributed by atoms with van der Waals surface area (Å²) < 4.78 is 68.3. The van der Waals surface area contributed by atoms with E-state index in [2.05, 4.69) is 0 Å². The zero-order chi connectivity index (χ0) is 15.2. The van der Waals surface area contributed by atoms with Crippen molar-refractivity contribution < 1.29 is 39.6 Å². The first kappa shape index (κ1) is 18.1. The molecule has 1 aromatic heterocycles. The molecule has 0 atom stereocenters. The summed E-state index contributed by atoms with van der Waals surface area (Å²) in [5, 5.41) is 8.43. The van der Waals surface area contributed by atoms with Gasteiger partial charge in [0.1, 0.15) is 18.9 Å². The molecule has 11 heteroatoms. The van der Waals surface area contributed by atoms with Gasteiger partial charge in [-0.3, -0.25) is 0 Å². The van der Waals surface area contributed by atoms with Gasteiger partial charge in [-0.2, -0.15) is 0 Å². The molecule has 0 radical (unpaired) electrons. The van der Waals surface area contributed by atoms with Crippen LogP contribution in [0.3, 0.4) is 0 Å². The molecule has 0 saturated heterocycles. The molecule has 0 aliphatic heterocycles. The van der Waals surface area contributed by atoms with Crippen LogP contribution in [0.1, 0.15) is 0 Å². The van der Waals surface area contributed by atoms with E-state index in [4.69, 9.17) is 9.84 Å². The molecule has 4 nitrogen and oxygen atoms in total. The minimum atomic E-state index is -10.7. The normalized spacial score (nSPS) is 15.2. The van der Waals surface area contributed by atoms with Gasteiger partial charge in [0, 0.05) is 0 Å². The molecular weight excluding hydrogens is 301 g/mol. The van der Waals surface area contributed by atoms with Crippen LogP contribution in [0.4, 0.5) is 25.2 Å². The van der Waals surface area contributed by atoms with Gasteiger partial charge in [-0.1, -0.05) is 0 Å². The first-order valence-corrected chi connectivity index (χ1v) is 7.07. The third kappa shape index (κ3) is 19.7. The molecule has 0 aliphatic rings. The van der Waals surface area contributed by atoms with Crippen molar-refractivity contribution in [1.82, 2.24) is 4.57 Å². The fourth-order valence-corrected chi connectivity index (χ4v) is 0.971. The summed E-state index contributed by atoms with van der Waals surface area (Å²) in [6, 6.07) is 0. The first-order chi connectivity index (χ1) is 8.28. The molecule has 1 rings (SSSR count). The molecule has 1 heterocycles. The van der Waals surface area contributed by atoms with E-state index in [0.29, 0.717) is 13.2 Å². The van der Waals surface area contributed by atoms with Crippen LogP contribution in [0.5, 0.6) is 0 Å². The SMILES string of the molecule is C[n+]1ccn(CCOCCO)c1.F[P-](F)(F)(F)(F)F. The summed E-state index contributed by atoms with van der Waals surface area (Å²) in [5.41, 5.74) is 0. The van der Waals surface area contributed by atoms with Gasteiger partial charge >= 0.3 is 33.0 Å². The van der Waals surface area contributed by atoms with E-state index in [1.807, 2.05) is 34.9 Å². The topological polar surface area (TPSA) is 38.3 Å². The number of ether oxygens (including phenoxy) is 1. The van der Waals surface area contributed by atoms with Gasteiger partial charge in [0.15, 0.2) is 0 Å². The van der Waals surface area contributed by atoms with E-state index < -0.39 is 7.81 Å². The van der Waals surface area contributed by atoms with Crippen molar-refractivity contribution in [2.45, 2.75) is 6.54 Å². The molecule has 0 unspecified atom stereocenters. The van der Waals surface area contributed by atoms with Crippen LogP contribution in [0.2, 0.25) is 0 Å². The Morgan fingerprint density at radius 1 is 1.16 bits per heavy atom. The molecule has 1 aromatic rings. The number of aliphatic hydroxyl groups is 1. The number of imidazole rings is 1. The molecule has 0 fully saturated rings. The van der Waals surface area contributed by atoms with Crippen molar-refractivity contribution in [1.29, 1.82) is 0 Å². The maximum atomic E-state index is 9.87. The van der Waals surface area contributed by atoms with E-state index >= 15 is 0 Å². The van der Waals surface area contributed by atoms with Gasteiger partial charge in [0.2, 0.25) is 6.33 Å². The number of aliphatic hydroxyl groups excluding tert-OH is 1. The fraction of sp³-hybridized carbons (Fsp3) is 0.625. The van der Waals surface area contributed by atoms with Crippen molar-refractivity contribution in [3.05, 3.63) is 18.7 Å². The van der Waals surface area contributed by atoms with Crippen molar-refractivity contribution in [3.63, 3.8) is 0 Å². The van der Waals surface area contributed by atoms with Crippen LogP contribution in [-0.2, 0) is 18.3 Å². The monoisotopic (exact) mass is 316 g/mol. The molecule has 0 saturated carbocycles. The predicted molar refractivity (Wildman–Crippen MR) is 57.1 cm³/mol. The molecular formula is C8H15F6N2O2P. The van der Waals surface area contributed by atoms with Crippen LogP contribution in [0, 0.1) is 0 Å². The van der Waals surface area contributed by atoms with E-state index in [9.17, 15) is 25.2 Å². The van der Waals surface area contributed by atoms with E-state index in [-0.39, 0.29) is 6.61 Å². The van der Waals surface area contributed by atoms with Crippen LogP contribution < -0.4 is 4.57 Å². The number of halogens is 6. The Hall–Kier alpha value is -0.860.